The van der Waals surface area contributed by atoms with Crippen molar-refractivity contribution in [3.63, 3.8) is 0 Å². The minimum absolute atomic E-state index is 0.0936. The lowest BCUT2D eigenvalue weighted by atomic mass is 9.99. The predicted molar refractivity (Wildman–Crippen MR) is 81.1 cm³/mol. The van der Waals surface area contributed by atoms with Gasteiger partial charge in [-0.15, -0.1) is 0 Å². The topological polar surface area (TPSA) is 86.2 Å². The molecule has 0 aliphatic carbocycles. The van der Waals surface area contributed by atoms with E-state index in [4.69, 9.17) is 11.5 Å². The largest absolute Gasteiger partial charge is 0.399 e. The highest BCUT2D eigenvalue weighted by atomic mass is 32.2. The smallest absolute Gasteiger partial charge is 0.178 e. The summed E-state index contributed by atoms with van der Waals surface area (Å²) in [5.41, 5.74) is 14.3. The van der Waals surface area contributed by atoms with E-state index in [1.807, 2.05) is 12.1 Å². The fourth-order valence-electron chi connectivity index (χ4n) is 1.94. The van der Waals surface area contributed by atoms with Crippen LogP contribution in [0.15, 0.2) is 53.4 Å². The first-order valence-corrected chi connectivity index (χ1v) is 8.03. The van der Waals surface area contributed by atoms with Crippen LogP contribution in [0.2, 0.25) is 0 Å². The Kier molecular flexibility index (Phi) is 4.11. The van der Waals surface area contributed by atoms with Gasteiger partial charge in [-0.1, -0.05) is 31.2 Å². The minimum atomic E-state index is -3.17. The van der Waals surface area contributed by atoms with Gasteiger partial charge in [0.25, 0.3) is 0 Å². The number of anilines is 1. The zero-order valence-electron chi connectivity index (χ0n) is 11.3. The molecule has 5 heteroatoms. The molecule has 0 aliphatic rings. The van der Waals surface area contributed by atoms with Gasteiger partial charge < -0.3 is 11.5 Å². The SMILES string of the molecule is CCS(=O)(=O)c1ccc(C(N)c2ccc(N)cc2)cc1. The van der Waals surface area contributed by atoms with E-state index >= 15 is 0 Å². The summed E-state index contributed by atoms with van der Waals surface area (Å²) in [6.07, 6.45) is 0. The van der Waals surface area contributed by atoms with Crippen molar-refractivity contribution in [2.24, 2.45) is 5.73 Å². The molecule has 106 valence electrons. The summed E-state index contributed by atoms with van der Waals surface area (Å²) in [6, 6.07) is 13.8. The van der Waals surface area contributed by atoms with Crippen molar-refractivity contribution in [3.05, 3.63) is 59.7 Å². The summed E-state index contributed by atoms with van der Waals surface area (Å²) < 4.78 is 23.5. The van der Waals surface area contributed by atoms with E-state index in [1.165, 1.54) is 0 Å². The van der Waals surface area contributed by atoms with Gasteiger partial charge in [-0.25, -0.2) is 8.42 Å². The summed E-state index contributed by atoms with van der Waals surface area (Å²) in [7, 11) is -3.17. The Balaban J connectivity index is 2.28. The predicted octanol–water partition coefficient (Wildman–Crippen LogP) is 2.11. The molecule has 0 spiro atoms. The molecule has 4 N–H and O–H groups in total. The molecular weight excluding hydrogens is 272 g/mol. The molecule has 2 aromatic carbocycles. The van der Waals surface area contributed by atoms with Crippen molar-refractivity contribution < 1.29 is 8.42 Å². The molecule has 4 nitrogen and oxygen atoms in total. The first-order valence-electron chi connectivity index (χ1n) is 6.38. The van der Waals surface area contributed by atoms with Gasteiger partial charge >= 0.3 is 0 Å². The Morgan fingerprint density at radius 2 is 1.40 bits per heavy atom. The molecule has 2 rings (SSSR count). The second kappa shape index (κ2) is 5.64. The zero-order valence-corrected chi connectivity index (χ0v) is 12.1. The molecule has 2 aromatic rings. The number of rotatable bonds is 4. The number of nitrogens with two attached hydrogens (primary N) is 2. The van der Waals surface area contributed by atoms with E-state index in [2.05, 4.69) is 0 Å². The zero-order chi connectivity index (χ0) is 14.8. The summed E-state index contributed by atoms with van der Waals surface area (Å²) in [5, 5.41) is 0. The van der Waals surface area contributed by atoms with Crippen molar-refractivity contribution >= 4 is 15.5 Å². The fourth-order valence-corrected chi connectivity index (χ4v) is 2.83. The van der Waals surface area contributed by atoms with Gasteiger partial charge in [0.2, 0.25) is 0 Å². The van der Waals surface area contributed by atoms with Crippen molar-refractivity contribution in [2.45, 2.75) is 17.9 Å². The van der Waals surface area contributed by atoms with Crippen LogP contribution in [0.25, 0.3) is 0 Å². The molecule has 0 aliphatic heterocycles. The highest BCUT2D eigenvalue weighted by Gasteiger charge is 2.13. The van der Waals surface area contributed by atoms with E-state index in [-0.39, 0.29) is 11.8 Å². The van der Waals surface area contributed by atoms with E-state index < -0.39 is 9.84 Å². The van der Waals surface area contributed by atoms with Crippen LogP contribution < -0.4 is 11.5 Å². The third-order valence-corrected chi connectivity index (χ3v) is 5.02. The maximum atomic E-state index is 11.7. The highest BCUT2D eigenvalue weighted by Crippen LogP contribution is 2.22. The van der Waals surface area contributed by atoms with Crippen LogP contribution in [0.1, 0.15) is 24.1 Å². The maximum absolute atomic E-state index is 11.7. The third kappa shape index (κ3) is 3.00. The molecule has 1 unspecified atom stereocenters. The Morgan fingerprint density at radius 3 is 1.85 bits per heavy atom. The van der Waals surface area contributed by atoms with Gasteiger partial charge in [-0.2, -0.15) is 0 Å². The third-order valence-electron chi connectivity index (χ3n) is 3.27. The standard InChI is InChI=1S/C15H18N2O2S/c1-2-20(18,19)14-9-5-12(6-10-14)15(17)11-3-7-13(16)8-4-11/h3-10,15H,2,16-17H2,1H3. The molecule has 0 amide bonds. The van der Waals surface area contributed by atoms with E-state index in [9.17, 15) is 8.42 Å². The molecule has 0 bridgehead atoms. The van der Waals surface area contributed by atoms with Crippen molar-refractivity contribution in [2.75, 3.05) is 11.5 Å². The molecule has 0 fully saturated rings. The van der Waals surface area contributed by atoms with Gasteiger partial charge in [0.1, 0.15) is 0 Å². The number of hydrogen-bond donors (Lipinski definition) is 2. The van der Waals surface area contributed by atoms with Crippen molar-refractivity contribution in [3.8, 4) is 0 Å². The molecule has 1 atom stereocenters. The molecular formula is C15H18N2O2S. The average Bonchev–Trinajstić information content (AvgIpc) is 2.47. The molecule has 0 saturated carbocycles. The first kappa shape index (κ1) is 14.6. The Morgan fingerprint density at radius 1 is 0.950 bits per heavy atom. The average molecular weight is 290 g/mol. The summed E-state index contributed by atoms with van der Waals surface area (Å²) >= 11 is 0. The van der Waals surface area contributed by atoms with Crippen molar-refractivity contribution in [1.82, 2.24) is 0 Å². The van der Waals surface area contributed by atoms with Gasteiger partial charge in [0, 0.05) is 5.69 Å². The molecule has 20 heavy (non-hydrogen) atoms. The van der Waals surface area contributed by atoms with Crippen molar-refractivity contribution in [1.29, 1.82) is 0 Å². The quantitative estimate of drug-likeness (QED) is 0.844. The number of hydrogen-bond acceptors (Lipinski definition) is 4. The highest BCUT2D eigenvalue weighted by molar-refractivity contribution is 7.91. The molecule has 0 saturated heterocycles. The van der Waals surface area contributed by atoms with Crippen LogP contribution in [0, 0.1) is 0 Å². The molecule has 0 heterocycles. The summed E-state index contributed by atoms with van der Waals surface area (Å²) in [5.74, 6) is 0.0936. The summed E-state index contributed by atoms with van der Waals surface area (Å²) in [4.78, 5) is 0.327. The van der Waals surface area contributed by atoms with Crippen LogP contribution in [0.4, 0.5) is 5.69 Å². The van der Waals surface area contributed by atoms with Gasteiger partial charge in [-0.3, -0.25) is 0 Å². The van der Waals surface area contributed by atoms with Crippen LogP contribution in [-0.4, -0.2) is 14.2 Å². The van der Waals surface area contributed by atoms with Crippen LogP contribution in [0.3, 0.4) is 0 Å². The second-order valence-electron chi connectivity index (χ2n) is 4.62. The molecule has 0 aromatic heterocycles. The van der Waals surface area contributed by atoms with E-state index in [1.54, 1.807) is 43.3 Å². The Labute approximate surface area is 119 Å². The molecule has 0 radical (unpaired) electrons. The van der Waals surface area contributed by atoms with Gasteiger partial charge in [-0.05, 0) is 35.4 Å². The lowest BCUT2D eigenvalue weighted by Gasteiger charge is -2.13. The first-order chi connectivity index (χ1) is 9.44. The normalized spacial score (nSPS) is 13.1. The van der Waals surface area contributed by atoms with E-state index in [0.29, 0.717) is 10.6 Å². The Bertz CT molecular complexity index is 677. The van der Waals surface area contributed by atoms with Crippen LogP contribution in [0.5, 0.6) is 0 Å². The Hall–Kier alpha value is -1.85. The van der Waals surface area contributed by atoms with Gasteiger partial charge in [0.05, 0.1) is 16.7 Å². The lowest BCUT2D eigenvalue weighted by molar-refractivity contribution is 0.597. The fraction of sp³-hybridized carbons (Fsp3) is 0.200. The monoisotopic (exact) mass is 290 g/mol. The number of benzene rings is 2. The van der Waals surface area contributed by atoms with Crippen LogP contribution in [-0.2, 0) is 9.84 Å². The lowest BCUT2D eigenvalue weighted by Crippen LogP contribution is -2.12. The van der Waals surface area contributed by atoms with Crippen LogP contribution >= 0.6 is 0 Å². The number of sulfone groups is 1. The van der Waals surface area contributed by atoms with Gasteiger partial charge in [0.15, 0.2) is 9.84 Å². The minimum Gasteiger partial charge on any atom is -0.399 e. The maximum Gasteiger partial charge on any atom is 0.178 e. The van der Waals surface area contributed by atoms with E-state index in [0.717, 1.165) is 11.1 Å². The summed E-state index contributed by atoms with van der Waals surface area (Å²) in [6.45, 7) is 1.63. The second-order valence-corrected chi connectivity index (χ2v) is 6.90. The number of nitrogen functional groups attached to an aromatic ring is 1.